The largest absolute Gasteiger partial charge is 0.452 e. The lowest BCUT2D eigenvalue weighted by atomic mass is 10.1. The van der Waals surface area contributed by atoms with Crippen LogP contribution >= 0.6 is 11.3 Å². The number of benzene rings is 1. The van der Waals surface area contributed by atoms with Crippen LogP contribution in [0, 0.1) is 11.3 Å². The molecule has 2 aromatic rings. The molecule has 0 saturated carbocycles. The minimum Gasteiger partial charge on any atom is -0.452 e. The van der Waals surface area contributed by atoms with Crippen LogP contribution in [0.15, 0.2) is 41.8 Å². The summed E-state index contributed by atoms with van der Waals surface area (Å²) >= 11 is 1.16. The number of nitrogens with one attached hydrogen (secondary N) is 1. The molecule has 1 N–H and O–H groups in total. The first-order valence-corrected chi connectivity index (χ1v) is 7.97. The molecule has 0 radical (unpaired) electrons. The van der Waals surface area contributed by atoms with E-state index in [1.165, 1.54) is 18.2 Å². The van der Waals surface area contributed by atoms with Gasteiger partial charge in [-0.25, -0.2) is 4.79 Å². The number of hydrogen-bond acceptors (Lipinski definition) is 5. The molecule has 0 aliphatic heterocycles. The Bertz CT molecular complexity index is 865. The molecule has 1 amide bonds. The highest BCUT2D eigenvalue weighted by atomic mass is 32.1. The van der Waals surface area contributed by atoms with Crippen molar-refractivity contribution < 1.29 is 27.5 Å². The van der Waals surface area contributed by atoms with E-state index in [2.05, 4.69) is 5.32 Å². The van der Waals surface area contributed by atoms with E-state index in [1.54, 1.807) is 11.4 Å². The summed E-state index contributed by atoms with van der Waals surface area (Å²) in [6.07, 6.45) is -2.16. The average Bonchev–Trinajstić information content (AvgIpc) is 3.04. The van der Waals surface area contributed by atoms with Gasteiger partial charge in [-0.3, -0.25) is 4.79 Å². The van der Waals surface area contributed by atoms with Crippen molar-refractivity contribution in [2.75, 3.05) is 11.9 Å². The standard InChI is InChI=1S/C17H11F3N2O3S/c18-17(19,20)13-4-1-11(2-5-13)3-6-15(24)25-10-14(23)22-16-12(9-21)7-8-26-16/h1-8H,10H2,(H,22,23). The maximum Gasteiger partial charge on any atom is 0.416 e. The van der Waals surface area contributed by atoms with E-state index in [4.69, 9.17) is 10.00 Å². The Balaban J connectivity index is 1.84. The van der Waals surface area contributed by atoms with Gasteiger partial charge in [0.2, 0.25) is 0 Å². The van der Waals surface area contributed by atoms with Crippen molar-refractivity contribution in [1.29, 1.82) is 5.26 Å². The summed E-state index contributed by atoms with van der Waals surface area (Å²) in [5.74, 6) is -1.44. The van der Waals surface area contributed by atoms with Gasteiger partial charge in [-0.1, -0.05) is 12.1 Å². The van der Waals surface area contributed by atoms with E-state index in [0.717, 1.165) is 29.5 Å². The molecule has 0 saturated heterocycles. The molecule has 134 valence electrons. The zero-order chi connectivity index (χ0) is 19.2. The third-order valence-corrected chi connectivity index (χ3v) is 3.86. The number of esters is 1. The predicted molar refractivity (Wildman–Crippen MR) is 89.1 cm³/mol. The molecule has 0 unspecified atom stereocenters. The quantitative estimate of drug-likeness (QED) is 0.632. The monoisotopic (exact) mass is 380 g/mol. The average molecular weight is 380 g/mol. The molecule has 1 aromatic carbocycles. The third-order valence-electron chi connectivity index (χ3n) is 3.03. The number of nitriles is 1. The van der Waals surface area contributed by atoms with Gasteiger partial charge in [0.1, 0.15) is 11.1 Å². The summed E-state index contributed by atoms with van der Waals surface area (Å²) in [4.78, 5) is 23.2. The minimum atomic E-state index is -4.43. The van der Waals surface area contributed by atoms with E-state index >= 15 is 0 Å². The normalized spacial score (nSPS) is 11.2. The number of thiophene rings is 1. The second kappa shape index (κ2) is 8.31. The third kappa shape index (κ3) is 5.46. The van der Waals surface area contributed by atoms with Gasteiger partial charge >= 0.3 is 12.1 Å². The molecule has 0 bridgehead atoms. The molecule has 0 spiro atoms. The summed E-state index contributed by atoms with van der Waals surface area (Å²) in [5, 5.41) is 13.3. The molecule has 0 atom stereocenters. The molecule has 0 aliphatic carbocycles. The fraction of sp³-hybridized carbons (Fsp3) is 0.118. The number of alkyl halides is 3. The van der Waals surface area contributed by atoms with Gasteiger partial charge in [0.05, 0.1) is 11.1 Å². The van der Waals surface area contributed by atoms with Gasteiger partial charge in [-0.05, 0) is 35.2 Å². The van der Waals surface area contributed by atoms with Crippen LogP contribution in [0.3, 0.4) is 0 Å². The highest BCUT2D eigenvalue weighted by molar-refractivity contribution is 7.14. The van der Waals surface area contributed by atoms with Crippen LogP contribution in [0.1, 0.15) is 16.7 Å². The number of ether oxygens (including phenoxy) is 1. The van der Waals surface area contributed by atoms with E-state index < -0.39 is 30.2 Å². The summed E-state index contributed by atoms with van der Waals surface area (Å²) in [6, 6.07) is 7.65. The second-order valence-electron chi connectivity index (χ2n) is 4.88. The number of hydrogen-bond donors (Lipinski definition) is 1. The number of nitrogens with zero attached hydrogens (tertiary/aromatic N) is 1. The lowest BCUT2D eigenvalue weighted by molar-refractivity contribution is -0.142. The Hall–Kier alpha value is -3.12. The van der Waals surface area contributed by atoms with Gasteiger partial charge < -0.3 is 10.1 Å². The topological polar surface area (TPSA) is 79.2 Å². The van der Waals surface area contributed by atoms with Crippen molar-refractivity contribution in [2.24, 2.45) is 0 Å². The molecular formula is C17H11F3N2O3S. The van der Waals surface area contributed by atoms with Gasteiger partial charge in [-0.2, -0.15) is 18.4 Å². The Morgan fingerprint density at radius 1 is 1.23 bits per heavy atom. The Kier molecular flexibility index (Phi) is 6.14. The zero-order valence-corrected chi connectivity index (χ0v) is 13.9. The summed E-state index contributed by atoms with van der Waals surface area (Å²) < 4.78 is 42.1. The number of amides is 1. The van der Waals surface area contributed by atoms with Crippen LogP contribution in [0.25, 0.3) is 6.08 Å². The van der Waals surface area contributed by atoms with Crippen LogP contribution in [-0.2, 0) is 20.5 Å². The van der Waals surface area contributed by atoms with E-state index in [0.29, 0.717) is 16.1 Å². The molecule has 9 heteroatoms. The number of halogens is 3. The fourth-order valence-electron chi connectivity index (χ4n) is 1.79. The van der Waals surface area contributed by atoms with Crippen LogP contribution in [0.2, 0.25) is 0 Å². The van der Waals surface area contributed by atoms with Crippen molar-refractivity contribution in [1.82, 2.24) is 0 Å². The van der Waals surface area contributed by atoms with Crippen LogP contribution in [0.5, 0.6) is 0 Å². The Morgan fingerprint density at radius 3 is 2.54 bits per heavy atom. The molecule has 0 aliphatic rings. The summed E-state index contributed by atoms with van der Waals surface area (Å²) in [5.41, 5.74) is -0.118. The van der Waals surface area contributed by atoms with Gasteiger partial charge in [-0.15, -0.1) is 11.3 Å². The molecule has 1 aromatic heterocycles. The summed E-state index contributed by atoms with van der Waals surface area (Å²) in [6.45, 7) is -0.557. The minimum absolute atomic E-state index is 0.303. The van der Waals surface area contributed by atoms with E-state index in [9.17, 15) is 22.8 Å². The molecule has 5 nitrogen and oxygen atoms in total. The van der Waals surface area contributed by atoms with Crippen molar-refractivity contribution in [3.05, 3.63) is 58.5 Å². The zero-order valence-electron chi connectivity index (χ0n) is 13.0. The van der Waals surface area contributed by atoms with Gasteiger partial charge in [0, 0.05) is 6.08 Å². The van der Waals surface area contributed by atoms with Gasteiger partial charge in [0.15, 0.2) is 6.61 Å². The van der Waals surface area contributed by atoms with Crippen molar-refractivity contribution in [3.8, 4) is 6.07 Å². The maximum absolute atomic E-state index is 12.4. The predicted octanol–water partition coefficient (Wildman–Crippen LogP) is 3.83. The molecular weight excluding hydrogens is 369 g/mol. The lowest BCUT2D eigenvalue weighted by Crippen LogP contribution is -2.19. The number of carbonyl (C=O) groups is 2. The molecule has 0 fully saturated rings. The van der Waals surface area contributed by atoms with E-state index in [-0.39, 0.29) is 0 Å². The van der Waals surface area contributed by atoms with Crippen LogP contribution in [0.4, 0.5) is 18.2 Å². The lowest BCUT2D eigenvalue weighted by Gasteiger charge is -2.06. The Morgan fingerprint density at radius 2 is 1.92 bits per heavy atom. The van der Waals surface area contributed by atoms with Gasteiger partial charge in [0.25, 0.3) is 5.91 Å². The van der Waals surface area contributed by atoms with Crippen molar-refractivity contribution in [3.63, 3.8) is 0 Å². The number of anilines is 1. The molecule has 2 rings (SSSR count). The first kappa shape index (κ1) is 19.2. The first-order valence-electron chi connectivity index (χ1n) is 7.09. The van der Waals surface area contributed by atoms with Crippen LogP contribution in [-0.4, -0.2) is 18.5 Å². The fourth-order valence-corrected chi connectivity index (χ4v) is 2.54. The van der Waals surface area contributed by atoms with Crippen molar-refractivity contribution >= 4 is 34.3 Å². The highest BCUT2D eigenvalue weighted by Gasteiger charge is 2.29. The number of rotatable bonds is 5. The molecule has 26 heavy (non-hydrogen) atoms. The Labute approximate surface area is 150 Å². The second-order valence-corrected chi connectivity index (χ2v) is 5.80. The van der Waals surface area contributed by atoms with Crippen LogP contribution < -0.4 is 5.32 Å². The highest BCUT2D eigenvalue weighted by Crippen LogP contribution is 2.29. The van der Waals surface area contributed by atoms with Crippen molar-refractivity contribution in [2.45, 2.75) is 6.18 Å². The SMILES string of the molecule is N#Cc1ccsc1NC(=O)COC(=O)C=Cc1ccc(C(F)(F)F)cc1. The first-order chi connectivity index (χ1) is 12.3. The maximum atomic E-state index is 12.4. The molecule has 1 heterocycles. The number of carbonyl (C=O) groups excluding carboxylic acids is 2. The summed E-state index contributed by atoms with van der Waals surface area (Å²) in [7, 11) is 0. The van der Waals surface area contributed by atoms with E-state index in [1.807, 2.05) is 6.07 Å². The smallest absolute Gasteiger partial charge is 0.416 e.